The molecule has 2 heterocycles. The van der Waals surface area contributed by atoms with E-state index in [2.05, 4.69) is 25.2 Å². The first kappa shape index (κ1) is 28.0. The van der Waals surface area contributed by atoms with E-state index >= 15 is 0 Å². The summed E-state index contributed by atoms with van der Waals surface area (Å²) in [6.45, 7) is 6.56. The quantitative estimate of drug-likeness (QED) is 0.284. The van der Waals surface area contributed by atoms with Gasteiger partial charge in [0.15, 0.2) is 0 Å². The van der Waals surface area contributed by atoms with Crippen molar-refractivity contribution in [2.75, 3.05) is 38.7 Å². The van der Waals surface area contributed by atoms with Gasteiger partial charge in [0, 0.05) is 41.2 Å². The summed E-state index contributed by atoms with van der Waals surface area (Å²) in [7, 11) is 1.62. The number of hydrogen-bond acceptors (Lipinski definition) is 6. The third kappa shape index (κ3) is 6.28. The van der Waals surface area contributed by atoms with Gasteiger partial charge in [-0.1, -0.05) is 26.2 Å². The summed E-state index contributed by atoms with van der Waals surface area (Å²) in [5.41, 5.74) is 3.50. The number of aryl methyl sites for hydroxylation is 1. The van der Waals surface area contributed by atoms with Crippen molar-refractivity contribution >= 4 is 28.5 Å². The minimum atomic E-state index is -0.921. The fraction of sp³-hybridized carbons (Fsp3) is 0.500. The standard InChI is InChI=1S/C32H40N2O6/c1-21-26-17-25(39-20-32(2)18-38-19-32)13-14-27(26)40-30(21)29(22-7-5-4-6-8-22)33-24-11-9-23(10-12-24)31(37)34(3)16-15-28(35)36/h9-14,17,22,29,33H,4-8,15-16,18-20H2,1-3H3,(H,35,36). The van der Waals surface area contributed by atoms with Crippen LogP contribution in [0.15, 0.2) is 46.9 Å². The van der Waals surface area contributed by atoms with Crippen molar-refractivity contribution in [1.82, 2.24) is 4.90 Å². The van der Waals surface area contributed by atoms with Gasteiger partial charge in [0.1, 0.15) is 17.1 Å². The van der Waals surface area contributed by atoms with Crippen LogP contribution in [-0.4, -0.2) is 55.3 Å². The van der Waals surface area contributed by atoms with E-state index in [1.165, 1.54) is 24.2 Å². The summed E-state index contributed by atoms with van der Waals surface area (Å²) in [5.74, 6) is 1.11. The lowest BCUT2D eigenvalue weighted by molar-refractivity contribution is -0.137. The number of furan rings is 1. The molecule has 2 fully saturated rings. The second-order valence-corrected chi connectivity index (χ2v) is 11.8. The van der Waals surface area contributed by atoms with Crippen molar-refractivity contribution in [2.24, 2.45) is 11.3 Å². The number of hydrogen-bond donors (Lipinski definition) is 2. The molecule has 214 valence electrons. The van der Waals surface area contributed by atoms with Gasteiger partial charge >= 0.3 is 5.97 Å². The van der Waals surface area contributed by atoms with E-state index in [-0.39, 0.29) is 30.3 Å². The van der Waals surface area contributed by atoms with Gasteiger partial charge in [-0.3, -0.25) is 9.59 Å². The lowest BCUT2D eigenvalue weighted by atomic mass is 9.82. The zero-order chi connectivity index (χ0) is 28.3. The predicted molar refractivity (Wildman–Crippen MR) is 154 cm³/mol. The molecule has 1 aliphatic carbocycles. The van der Waals surface area contributed by atoms with Crippen molar-refractivity contribution in [3.8, 4) is 5.75 Å². The molecule has 1 amide bonds. The Hall–Kier alpha value is -3.52. The van der Waals surface area contributed by atoms with E-state index < -0.39 is 5.97 Å². The molecule has 0 spiro atoms. The molecule has 2 N–H and O–H groups in total. The fourth-order valence-corrected chi connectivity index (χ4v) is 5.74. The van der Waals surface area contributed by atoms with Gasteiger partial charge in [-0.15, -0.1) is 0 Å². The van der Waals surface area contributed by atoms with Crippen LogP contribution >= 0.6 is 0 Å². The Bertz CT molecular complexity index is 1340. The second-order valence-electron chi connectivity index (χ2n) is 11.8. The number of carboxylic acids is 1. The van der Waals surface area contributed by atoms with Gasteiger partial charge in [0.2, 0.25) is 0 Å². The average Bonchev–Trinajstić information content (AvgIpc) is 3.28. The van der Waals surface area contributed by atoms with Crippen molar-refractivity contribution < 1.29 is 28.6 Å². The molecule has 8 heteroatoms. The zero-order valence-corrected chi connectivity index (χ0v) is 23.7. The van der Waals surface area contributed by atoms with Gasteiger partial charge in [0.05, 0.1) is 32.3 Å². The number of nitrogens with zero attached hydrogens (tertiary/aromatic N) is 1. The second kappa shape index (κ2) is 11.9. The van der Waals surface area contributed by atoms with Crippen LogP contribution in [0.2, 0.25) is 0 Å². The maximum absolute atomic E-state index is 12.7. The SMILES string of the molecule is Cc1c(C(Nc2ccc(C(=O)N(C)CCC(=O)O)cc2)C2CCCCC2)oc2ccc(OCC3(C)COC3)cc12. The monoisotopic (exact) mass is 548 g/mol. The smallest absolute Gasteiger partial charge is 0.305 e. The largest absolute Gasteiger partial charge is 0.493 e. The van der Waals surface area contributed by atoms with Crippen LogP contribution in [0.3, 0.4) is 0 Å². The van der Waals surface area contributed by atoms with E-state index in [9.17, 15) is 9.59 Å². The molecule has 2 aliphatic rings. The number of benzene rings is 2. The number of aliphatic carboxylic acids is 1. The number of carbonyl (C=O) groups is 2. The summed E-state index contributed by atoms with van der Waals surface area (Å²) in [6.07, 6.45) is 5.86. The van der Waals surface area contributed by atoms with Gasteiger partial charge < -0.3 is 29.2 Å². The predicted octanol–water partition coefficient (Wildman–Crippen LogP) is 6.44. The lowest BCUT2D eigenvalue weighted by Gasteiger charge is -2.37. The number of ether oxygens (including phenoxy) is 2. The molecular formula is C32H40N2O6. The number of carboxylic acid groups (broad SMARTS) is 1. The number of amides is 1. The summed E-state index contributed by atoms with van der Waals surface area (Å²) < 4.78 is 18.0. The molecule has 5 rings (SSSR count). The van der Waals surface area contributed by atoms with Crippen LogP contribution in [0.1, 0.15) is 73.2 Å². The Morgan fingerprint density at radius 2 is 1.85 bits per heavy atom. The molecule has 1 aliphatic heterocycles. The summed E-state index contributed by atoms with van der Waals surface area (Å²) >= 11 is 0. The first-order valence-corrected chi connectivity index (χ1v) is 14.3. The van der Waals surface area contributed by atoms with E-state index in [1.54, 1.807) is 19.2 Å². The van der Waals surface area contributed by atoms with Crippen LogP contribution < -0.4 is 10.1 Å². The van der Waals surface area contributed by atoms with Crippen LogP contribution in [0.25, 0.3) is 11.0 Å². The molecule has 1 aromatic heterocycles. The molecule has 1 atom stereocenters. The Kier molecular flexibility index (Phi) is 8.35. The Balaban J connectivity index is 1.36. The average molecular weight is 549 g/mol. The Morgan fingerprint density at radius 3 is 2.50 bits per heavy atom. The molecule has 1 saturated heterocycles. The lowest BCUT2D eigenvalue weighted by Crippen LogP contribution is -2.44. The molecule has 1 saturated carbocycles. The van der Waals surface area contributed by atoms with Gasteiger partial charge in [-0.25, -0.2) is 0 Å². The number of carbonyl (C=O) groups excluding carboxylic acids is 1. The first-order chi connectivity index (χ1) is 19.2. The maximum atomic E-state index is 12.7. The Labute approximate surface area is 235 Å². The van der Waals surface area contributed by atoms with Crippen LogP contribution in [0.5, 0.6) is 5.75 Å². The molecule has 0 bridgehead atoms. The highest BCUT2D eigenvalue weighted by Gasteiger charge is 2.34. The molecule has 1 unspecified atom stereocenters. The van der Waals surface area contributed by atoms with Crippen molar-refractivity contribution in [3.05, 3.63) is 59.4 Å². The van der Waals surface area contributed by atoms with Crippen molar-refractivity contribution in [3.63, 3.8) is 0 Å². The molecule has 8 nitrogen and oxygen atoms in total. The summed E-state index contributed by atoms with van der Waals surface area (Å²) in [6, 6.07) is 13.5. The molecule has 3 aromatic rings. The van der Waals surface area contributed by atoms with E-state index in [1.807, 2.05) is 24.3 Å². The fourth-order valence-electron chi connectivity index (χ4n) is 5.74. The molecule has 40 heavy (non-hydrogen) atoms. The van der Waals surface area contributed by atoms with Gasteiger partial charge in [-0.2, -0.15) is 0 Å². The van der Waals surface area contributed by atoms with Gasteiger partial charge in [-0.05, 0) is 68.1 Å². The number of rotatable bonds is 11. The zero-order valence-electron chi connectivity index (χ0n) is 23.7. The minimum Gasteiger partial charge on any atom is -0.493 e. The van der Waals surface area contributed by atoms with E-state index in [0.29, 0.717) is 18.1 Å². The topological polar surface area (TPSA) is 101 Å². The van der Waals surface area contributed by atoms with E-state index in [4.69, 9.17) is 19.0 Å². The third-order valence-electron chi connectivity index (χ3n) is 8.30. The Morgan fingerprint density at radius 1 is 1.12 bits per heavy atom. The van der Waals surface area contributed by atoms with Crippen molar-refractivity contribution in [2.45, 2.75) is 58.4 Å². The normalized spacial score (nSPS) is 17.7. The van der Waals surface area contributed by atoms with Gasteiger partial charge in [0.25, 0.3) is 5.91 Å². The summed E-state index contributed by atoms with van der Waals surface area (Å²) in [4.78, 5) is 25.0. The molecule has 2 aromatic carbocycles. The molecule has 0 radical (unpaired) electrons. The number of nitrogens with one attached hydrogen (secondary N) is 1. The first-order valence-electron chi connectivity index (χ1n) is 14.3. The third-order valence-corrected chi connectivity index (χ3v) is 8.30. The highest BCUT2D eigenvalue weighted by molar-refractivity contribution is 5.94. The van der Waals surface area contributed by atoms with E-state index in [0.717, 1.165) is 59.8 Å². The molecular weight excluding hydrogens is 508 g/mol. The van der Waals surface area contributed by atoms with Crippen LogP contribution in [0.4, 0.5) is 5.69 Å². The number of fused-ring (bicyclic) bond motifs is 1. The van der Waals surface area contributed by atoms with Crippen LogP contribution in [-0.2, 0) is 9.53 Å². The maximum Gasteiger partial charge on any atom is 0.305 e. The highest BCUT2D eigenvalue weighted by Crippen LogP contribution is 2.41. The minimum absolute atomic E-state index is 0.00268. The summed E-state index contributed by atoms with van der Waals surface area (Å²) in [5, 5.41) is 13.7. The highest BCUT2D eigenvalue weighted by atomic mass is 16.5. The van der Waals surface area contributed by atoms with Crippen molar-refractivity contribution in [1.29, 1.82) is 0 Å². The van der Waals surface area contributed by atoms with Crippen LogP contribution in [0, 0.1) is 18.3 Å². The number of anilines is 1.